The Morgan fingerprint density at radius 3 is 2.27 bits per heavy atom. The van der Waals surface area contributed by atoms with Crippen molar-refractivity contribution in [2.75, 3.05) is 76.2 Å². The monoisotopic (exact) mass is 622 g/mol. The molecule has 1 fully saturated rings. The maximum Gasteiger partial charge on any atom is 0.251 e. The average molecular weight is 623 g/mol. The van der Waals surface area contributed by atoms with Crippen LogP contribution in [0.2, 0.25) is 0 Å². The van der Waals surface area contributed by atoms with Gasteiger partial charge >= 0.3 is 0 Å². The van der Waals surface area contributed by atoms with Gasteiger partial charge in [0.2, 0.25) is 17.8 Å². The summed E-state index contributed by atoms with van der Waals surface area (Å²) < 4.78 is 21.7. The third-order valence-electron chi connectivity index (χ3n) is 7.40. The summed E-state index contributed by atoms with van der Waals surface area (Å²) >= 11 is 0. The topological polar surface area (TPSA) is 167 Å². The van der Waals surface area contributed by atoms with E-state index in [-0.39, 0.29) is 5.91 Å². The zero-order valence-corrected chi connectivity index (χ0v) is 26.3. The molecule has 1 aliphatic rings. The lowest BCUT2D eigenvalue weighted by Gasteiger charge is -2.22. The molecule has 0 radical (unpaired) electrons. The number of nitrogens with one attached hydrogen (secondary N) is 4. The highest BCUT2D eigenvalue weighted by molar-refractivity contribution is 5.94. The fraction of sp³-hybridized carbons (Fsp3) is 0.500. The maximum atomic E-state index is 12.6. The maximum absolute atomic E-state index is 12.6. The number of carbonyl (C=O) groups excluding carboxylic acids is 1. The molecule has 1 aliphatic carbocycles. The molecule has 0 spiro atoms. The van der Waals surface area contributed by atoms with Crippen LogP contribution in [0.1, 0.15) is 48.0 Å². The SMILES string of the molecule is COc1cccc(CNc2nc(NCC3CCCCC3)nc(Nc3ccc(C(=O)NCCOCCOCCN)cc3)n2)c1OC. The minimum atomic E-state index is -0.182. The van der Waals surface area contributed by atoms with Crippen LogP contribution in [0.25, 0.3) is 0 Å². The lowest BCUT2D eigenvalue weighted by molar-refractivity contribution is 0.0511. The van der Waals surface area contributed by atoms with Crippen LogP contribution in [-0.4, -0.2) is 81.1 Å². The van der Waals surface area contributed by atoms with E-state index in [4.69, 9.17) is 24.7 Å². The first-order valence-corrected chi connectivity index (χ1v) is 15.5. The number of nitrogens with two attached hydrogens (primary N) is 1. The van der Waals surface area contributed by atoms with Crippen molar-refractivity contribution in [2.24, 2.45) is 11.7 Å². The second-order valence-electron chi connectivity index (χ2n) is 10.7. The number of nitrogens with zero attached hydrogens (tertiary/aromatic N) is 3. The lowest BCUT2D eigenvalue weighted by atomic mass is 9.89. The van der Waals surface area contributed by atoms with Gasteiger partial charge in [-0.1, -0.05) is 31.4 Å². The van der Waals surface area contributed by atoms with Gasteiger partial charge in [0.15, 0.2) is 11.5 Å². The van der Waals surface area contributed by atoms with Gasteiger partial charge in [-0.2, -0.15) is 15.0 Å². The van der Waals surface area contributed by atoms with Gasteiger partial charge in [-0.3, -0.25) is 4.79 Å². The molecule has 244 valence electrons. The van der Waals surface area contributed by atoms with Crippen molar-refractivity contribution in [1.82, 2.24) is 20.3 Å². The van der Waals surface area contributed by atoms with Crippen molar-refractivity contribution in [2.45, 2.75) is 38.6 Å². The van der Waals surface area contributed by atoms with E-state index in [1.807, 2.05) is 30.3 Å². The molecule has 1 amide bonds. The van der Waals surface area contributed by atoms with Crippen molar-refractivity contribution in [3.05, 3.63) is 53.6 Å². The Bertz CT molecular complexity index is 1320. The minimum absolute atomic E-state index is 0.182. The van der Waals surface area contributed by atoms with Crippen LogP contribution in [0.15, 0.2) is 42.5 Å². The quantitative estimate of drug-likeness (QED) is 0.122. The number of carbonyl (C=O) groups is 1. The number of anilines is 4. The van der Waals surface area contributed by atoms with Crippen LogP contribution >= 0.6 is 0 Å². The highest BCUT2D eigenvalue weighted by atomic mass is 16.5. The molecule has 4 rings (SSSR count). The Kier molecular flexibility index (Phi) is 13.9. The summed E-state index contributed by atoms with van der Waals surface area (Å²) in [6.07, 6.45) is 6.25. The second-order valence-corrected chi connectivity index (χ2v) is 10.7. The summed E-state index contributed by atoms with van der Waals surface area (Å²) in [6.45, 7) is 3.95. The van der Waals surface area contributed by atoms with E-state index >= 15 is 0 Å². The number of hydrogen-bond donors (Lipinski definition) is 5. The van der Waals surface area contributed by atoms with Crippen LogP contribution in [0.4, 0.5) is 23.5 Å². The van der Waals surface area contributed by atoms with Crippen molar-refractivity contribution in [3.63, 3.8) is 0 Å². The molecule has 45 heavy (non-hydrogen) atoms. The van der Waals surface area contributed by atoms with Crippen molar-refractivity contribution in [1.29, 1.82) is 0 Å². The molecule has 0 atom stereocenters. The Labute approximate surface area is 265 Å². The number of aromatic nitrogens is 3. The number of rotatable bonds is 19. The largest absolute Gasteiger partial charge is 0.493 e. The van der Waals surface area contributed by atoms with Gasteiger partial charge in [-0.15, -0.1) is 0 Å². The Balaban J connectivity index is 1.38. The molecule has 1 aromatic heterocycles. The van der Waals surface area contributed by atoms with E-state index in [0.717, 1.165) is 17.8 Å². The molecule has 6 N–H and O–H groups in total. The highest BCUT2D eigenvalue weighted by Gasteiger charge is 2.16. The van der Waals surface area contributed by atoms with E-state index in [0.29, 0.717) is 86.9 Å². The van der Waals surface area contributed by atoms with Crippen LogP contribution in [0.5, 0.6) is 11.5 Å². The summed E-state index contributed by atoms with van der Waals surface area (Å²) in [5.41, 5.74) is 7.55. The van der Waals surface area contributed by atoms with E-state index in [2.05, 4.69) is 36.2 Å². The first-order valence-electron chi connectivity index (χ1n) is 15.5. The number of para-hydroxylation sites is 1. The molecule has 13 heteroatoms. The summed E-state index contributed by atoms with van der Waals surface area (Å²) in [5, 5.41) is 12.8. The van der Waals surface area contributed by atoms with Crippen LogP contribution < -0.4 is 36.5 Å². The van der Waals surface area contributed by atoms with Gasteiger partial charge in [-0.05, 0) is 49.1 Å². The predicted octanol–water partition coefficient (Wildman–Crippen LogP) is 3.96. The van der Waals surface area contributed by atoms with Gasteiger partial charge in [0.1, 0.15) is 0 Å². The summed E-state index contributed by atoms with van der Waals surface area (Å²) in [4.78, 5) is 26.4. The molecule has 0 unspecified atom stereocenters. The smallest absolute Gasteiger partial charge is 0.251 e. The molecule has 0 saturated heterocycles. The molecule has 0 bridgehead atoms. The number of hydrogen-bond acceptors (Lipinski definition) is 12. The van der Waals surface area contributed by atoms with E-state index in [9.17, 15) is 4.79 Å². The van der Waals surface area contributed by atoms with E-state index in [1.165, 1.54) is 32.1 Å². The van der Waals surface area contributed by atoms with E-state index in [1.54, 1.807) is 26.4 Å². The number of ether oxygens (including phenoxy) is 4. The average Bonchev–Trinajstić information content (AvgIpc) is 3.08. The first-order chi connectivity index (χ1) is 22.1. The Morgan fingerprint density at radius 1 is 0.844 bits per heavy atom. The van der Waals surface area contributed by atoms with E-state index < -0.39 is 0 Å². The van der Waals surface area contributed by atoms with Gasteiger partial charge in [0.25, 0.3) is 5.91 Å². The fourth-order valence-corrected chi connectivity index (χ4v) is 5.06. The summed E-state index contributed by atoms with van der Waals surface area (Å²) in [6, 6.07) is 12.8. The lowest BCUT2D eigenvalue weighted by Crippen LogP contribution is -2.27. The van der Waals surface area contributed by atoms with Gasteiger partial charge < -0.3 is 45.9 Å². The molecule has 1 saturated carbocycles. The third kappa shape index (κ3) is 11.0. The standard InChI is InChI=1S/C32H46N8O5/c1-42-27-10-6-9-25(28(27)43-2)22-36-31-38-30(35-21-23-7-4-3-5-8-23)39-32(40-31)37-26-13-11-24(12-14-26)29(41)34-16-18-45-20-19-44-17-15-33/h6,9-14,23H,3-5,7-8,15-22,33H2,1-2H3,(H,34,41)(H3,35,36,37,38,39,40). The van der Waals surface area contributed by atoms with Crippen molar-refractivity contribution < 1.29 is 23.7 Å². The molecule has 3 aromatic rings. The van der Waals surface area contributed by atoms with Crippen LogP contribution in [-0.2, 0) is 16.0 Å². The van der Waals surface area contributed by atoms with Crippen LogP contribution in [0, 0.1) is 5.92 Å². The minimum Gasteiger partial charge on any atom is -0.493 e. The van der Waals surface area contributed by atoms with Crippen molar-refractivity contribution in [3.8, 4) is 11.5 Å². The van der Waals surface area contributed by atoms with Crippen molar-refractivity contribution >= 4 is 29.4 Å². The van der Waals surface area contributed by atoms with Crippen LogP contribution in [0.3, 0.4) is 0 Å². The number of methoxy groups -OCH3 is 2. The van der Waals surface area contributed by atoms with Gasteiger partial charge in [-0.25, -0.2) is 0 Å². The molecule has 2 aromatic carbocycles. The summed E-state index contributed by atoms with van der Waals surface area (Å²) in [7, 11) is 3.23. The predicted molar refractivity (Wildman–Crippen MR) is 175 cm³/mol. The zero-order valence-electron chi connectivity index (χ0n) is 26.3. The molecule has 13 nitrogen and oxygen atoms in total. The summed E-state index contributed by atoms with van der Waals surface area (Å²) in [5.74, 6) is 3.00. The second kappa shape index (κ2) is 18.6. The molecule has 0 aliphatic heterocycles. The highest BCUT2D eigenvalue weighted by Crippen LogP contribution is 2.31. The Morgan fingerprint density at radius 2 is 1.56 bits per heavy atom. The fourth-order valence-electron chi connectivity index (χ4n) is 5.06. The third-order valence-corrected chi connectivity index (χ3v) is 7.40. The number of amides is 1. The normalized spacial score (nSPS) is 13.2. The Hall–Kier alpha value is -4.20. The molecular weight excluding hydrogens is 576 g/mol. The zero-order chi connectivity index (χ0) is 31.7. The first kappa shape index (κ1) is 33.7. The van der Waals surface area contributed by atoms with Gasteiger partial charge in [0, 0.05) is 43.0 Å². The molecular formula is C32H46N8O5. The molecule has 1 heterocycles. The van der Waals surface area contributed by atoms with Gasteiger partial charge in [0.05, 0.1) is 40.6 Å². The number of benzene rings is 2.